The molecule has 0 aliphatic rings. The van der Waals surface area contributed by atoms with Gasteiger partial charge in [-0.05, 0) is 47.2 Å². The fraction of sp³-hybridized carbons (Fsp3) is 0.0625. The summed E-state index contributed by atoms with van der Waals surface area (Å²) in [5.41, 5.74) is 2.60. The van der Waals surface area contributed by atoms with Crippen LogP contribution in [-0.2, 0) is 0 Å². The van der Waals surface area contributed by atoms with Crippen LogP contribution in [0.2, 0.25) is 0 Å². The molecular formula is C16H12Br2N4OS. The van der Waals surface area contributed by atoms with Crippen molar-refractivity contribution in [2.45, 2.75) is 6.92 Å². The summed E-state index contributed by atoms with van der Waals surface area (Å²) in [6, 6.07) is 11.4. The molecule has 0 fully saturated rings. The Hall–Kier alpha value is -1.77. The molecule has 0 aliphatic carbocycles. The fourth-order valence-electron chi connectivity index (χ4n) is 2.09. The van der Waals surface area contributed by atoms with E-state index >= 15 is 0 Å². The van der Waals surface area contributed by atoms with Gasteiger partial charge in [0.15, 0.2) is 5.82 Å². The van der Waals surface area contributed by atoms with E-state index in [4.69, 9.17) is 12.2 Å². The third-order valence-electron chi connectivity index (χ3n) is 3.33. The van der Waals surface area contributed by atoms with Crippen LogP contribution < -0.4 is 0 Å². The zero-order valence-electron chi connectivity index (χ0n) is 12.5. The minimum Gasteiger partial charge on any atom is -0.506 e. The second-order valence-corrected chi connectivity index (χ2v) is 7.26. The SMILES string of the molecule is Cc1ccc(-c2n[nH]c(=S)n2N=Cc2cc(Br)cc(Br)c2O)cc1. The van der Waals surface area contributed by atoms with Gasteiger partial charge in [0.1, 0.15) is 5.75 Å². The standard InChI is InChI=1S/C16H12Br2N4OS/c1-9-2-4-10(5-3-9)15-20-21-16(24)22(15)19-8-11-6-12(17)7-13(18)14(11)23/h2-8,23H,1H3,(H,21,24). The van der Waals surface area contributed by atoms with Crippen molar-refractivity contribution < 1.29 is 5.11 Å². The third kappa shape index (κ3) is 3.50. The average molecular weight is 468 g/mol. The molecule has 0 bridgehead atoms. The highest BCUT2D eigenvalue weighted by molar-refractivity contribution is 9.11. The van der Waals surface area contributed by atoms with Crippen molar-refractivity contribution in [1.29, 1.82) is 0 Å². The quantitative estimate of drug-likeness (QED) is 0.419. The minimum absolute atomic E-state index is 0.105. The lowest BCUT2D eigenvalue weighted by Crippen LogP contribution is -1.95. The summed E-state index contributed by atoms with van der Waals surface area (Å²) < 4.78 is 3.29. The summed E-state index contributed by atoms with van der Waals surface area (Å²) in [7, 11) is 0. The van der Waals surface area contributed by atoms with E-state index in [1.165, 1.54) is 10.9 Å². The number of nitrogens with one attached hydrogen (secondary N) is 1. The Labute approximate surface area is 160 Å². The number of phenolic OH excluding ortho intramolecular Hbond substituents is 1. The van der Waals surface area contributed by atoms with Crippen molar-refractivity contribution >= 4 is 50.3 Å². The largest absolute Gasteiger partial charge is 0.506 e. The van der Waals surface area contributed by atoms with E-state index in [0.717, 1.165) is 15.6 Å². The molecule has 0 spiro atoms. The maximum absolute atomic E-state index is 10.1. The van der Waals surface area contributed by atoms with E-state index in [2.05, 4.69) is 47.2 Å². The molecule has 0 amide bonds. The summed E-state index contributed by atoms with van der Waals surface area (Å²) in [4.78, 5) is 0. The summed E-state index contributed by atoms with van der Waals surface area (Å²) in [6.45, 7) is 2.02. The van der Waals surface area contributed by atoms with Crippen LogP contribution in [0.5, 0.6) is 5.75 Å². The van der Waals surface area contributed by atoms with Gasteiger partial charge in [0.2, 0.25) is 4.77 Å². The van der Waals surface area contributed by atoms with Gasteiger partial charge in [-0.25, -0.2) is 5.10 Å². The molecule has 0 radical (unpaired) electrons. The van der Waals surface area contributed by atoms with E-state index in [0.29, 0.717) is 20.6 Å². The van der Waals surface area contributed by atoms with Gasteiger partial charge in [-0.15, -0.1) is 0 Å². The zero-order chi connectivity index (χ0) is 17.3. The van der Waals surface area contributed by atoms with Gasteiger partial charge < -0.3 is 5.11 Å². The van der Waals surface area contributed by atoms with Gasteiger partial charge in [-0.2, -0.15) is 14.9 Å². The molecule has 2 aromatic carbocycles. The minimum atomic E-state index is 0.105. The molecule has 1 aromatic heterocycles. The Morgan fingerprint density at radius 2 is 1.96 bits per heavy atom. The number of aromatic hydroxyl groups is 1. The number of hydrogen-bond donors (Lipinski definition) is 2. The molecule has 0 saturated heterocycles. The summed E-state index contributed by atoms with van der Waals surface area (Å²) in [6.07, 6.45) is 1.54. The van der Waals surface area contributed by atoms with Gasteiger partial charge in [0, 0.05) is 15.6 Å². The molecule has 3 rings (SSSR count). The molecule has 0 unspecified atom stereocenters. The predicted molar refractivity (Wildman–Crippen MR) is 104 cm³/mol. The van der Waals surface area contributed by atoms with E-state index in [-0.39, 0.29) is 5.75 Å². The van der Waals surface area contributed by atoms with Gasteiger partial charge in [0.05, 0.1) is 10.7 Å². The fourth-order valence-corrected chi connectivity index (χ4v) is 3.53. The molecule has 0 aliphatic heterocycles. The van der Waals surface area contributed by atoms with E-state index in [1.54, 1.807) is 12.1 Å². The molecule has 3 aromatic rings. The maximum atomic E-state index is 10.1. The summed E-state index contributed by atoms with van der Waals surface area (Å²) in [5.74, 6) is 0.707. The molecule has 2 N–H and O–H groups in total. The van der Waals surface area contributed by atoms with Gasteiger partial charge in [-0.1, -0.05) is 45.8 Å². The molecule has 1 heterocycles. The number of phenols is 1. The van der Waals surface area contributed by atoms with Crippen molar-refractivity contribution in [3.05, 3.63) is 61.2 Å². The molecule has 5 nitrogen and oxygen atoms in total. The lowest BCUT2D eigenvalue weighted by atomic mass is 10.1. The van der Waals surface area contributed by atoms with E-state index in [9.17, 15) is 5.11 Å². The van der Waals surface area contributed by atoms with Crippen molar-refractivity contribution in [2.75, 3.05) is 0 Å². The van der Waals surface area contributed by atoms with Crippen molar-refractivity contribution in [3.63, 3.8) is 0 Å². The molecule has 0 saturated carbocycles. The van der Waals surface area contributed by atoms with Crippen molar-refractivity contribution in [2.24, 2.45) is 5.10 Å². The number of rotatable bonds is 3. The number of halogens is 2. The summed E-state index contributed by atoms with van der Waals surface area (Å²) in [5, 5.41) is 21.5. The van der Waals surface area contributed by atoms with Crippen molar-refractivity contribution in [3.8, 4) is 17.1 Å². The van der Waals surface area contributed by atoms with Crippen LogP contribution in [-0.4, -0.2) is 26.2 Å². The Kier molecular flexibility index (Phi) is 4.98. The van der Waals surface area contributed by atoms with Crippen molar-refractivity contribution in [1.82, 2.24) is 14.9 Å². The van der Waals surface area contributed by atoms with Crippen LogP contribution in [0.3, 0.4) is 0 Å². The van der Waals surface area contributed by atoms with Crippen LogP contribution in [0.25, 0.3) is 11.4 Å². The van der Waals surface area contributed by atoms with Crippen LogP contribution in [0.1, 0.15) is 11.1 Å². The number of benzene rings is 2. The molecule has 0 atom stereocenters. The van der Waals surface area contributed by atoms with E-state index in [1.807, 2.05) is 31.2 Å². The van der Waals surface area contributed by atoms with Gasteiger partial charge in [-0.3, -0.25) is 0 Å². The molecule has 122 valence electrons. The Morgan fingerprint density at radius 1 is 1.25 bits per heavy atom. The van der Waals surface area contributed by atoms with Crippen LogP contribution >= 0.6 is 44.1 Å². The first-order valence-corrected chi connectivity index (χ1v) is 8.92. The van der Waals surface area contributed by atoms with E-state index < -0.39 is 0 Å². The number of aryl methyl sites for hydroxylation is 1. The maximum Gasteiger partial charge on any atom is 0.216 e. The number of aromatic amines is 1. The van der Waals surface area contributed by atoms with Crippen LogP contribution in [0.4, 0.5) is 0 Å². The number of H-pyrrole nitrogens is 1. The first-order chi connectivity index (χ1) is 11.5. The normalized spacial score (nSPS) is 11.3. The predicted octanol–water partition coefficient (Wildman–Crippen LogP) is 5.03. The lowest BCUT2D eigenvalue weighted by Gasteiger charge is -2.04. The first kappa shape index (κ1) is 17.1. The molecule has 24 heavy (non-hydrogen) atoms. The van der Waals surface area contributed by atoms with Crippen LogP contribution in [0, 0.1) is 11.7 Å². The van der Waals surface area contributed by atoms with Crippen LogP contribution in [0.15, 0.2) is 50.4 Å². The highest BCUT2D eigenvalue weighted by Gasteiger charge is 2.09. The molecule has 8 heteroatoms. The first-order valence-electron chi connectivity index (χ1n) is 6.92. The topological polar surface area (TPSA) is 66.2 Å². The number of aromatic nitrogens is 3. The second kappa shape index (κ2) is 7.00. The number of nitrogens with zero attached hydrogens (tertiary/aromatic N) is 3. The highest BCUT2D eigenvalue weighted by atomic mass is 79.9. The van der Waals surface area contributed by atoms with Gasteiger partial charge in [0.25, 0.3) is 0 Å². The molecular weight excluding hydrogens is 456 g/mol. The monoisotopic (exact) mass is 466 g/mol. The Bertz CT molecular complexity index is 977. The lowest BCUT2D eigenvalue weighted by molar-refractivity contribution is 0.471. The third-order valence-corrected chi connectivity index (χ3v) is 4.66. The second-order valence-electron chi connectivity index (χ2n) is 5.10. The zero-order valence-corrected chi connectivity index (χ0v) is 16.5. The smallest absolute Gasteiger partial charge is 0.216 e. The number of hydrogen-bond acceptors (Lipinski definition) is 4. The highest BCUT2D eigenvalue weighted by Crippen LogP contribution is 2.30. The average Bonchev–Trinajstić information content (AvgIpc) is 2.91. The Balaban J connectivity index is 2.04. The van der Waals surface area contributed by atoms with Gasteiger partial charge >= 0.3 is 0 Å². The summed E-state index contributed by atoms with van der Waals surface area (Å²) >= 11 is 11.9. The Morgan fingerprint density at radius 3 is 2.67 bits per heavy atom.